The largest absolute Gasteiger partial charge is 0.417 e. The number of hydrogen-bond acceptors (Lipinski definition) is 6. The van der Waals surface area contributed by atoms with Gasteiger partial charge in [0.15, 0.2) is 0 Å². The summed E-state index contributed by atoms with van der Waals surface area (Å²) in [5.74, 6) is 0. The predicted octanol–water partition coefficient (Wildman–Crippen LogP) is 5.92. The van der Waals surface area contributed by atoms with Gasteiger partial charge in [0.1, 0.15) is 5.65 Å². The molecule has 12 heteroatoms. The van der Waals surface area contributed by atoms with Gasteiger partial charge in [0, 0.05) is 37.4 Å². The molecule has 0 aliphatic rings. The Bertz CT molecular complexity index is 1290. The van der Waals surface area contributed by atoms with E-state index in [1.807, 2.05) is 12.1 Å². The van der Waals surface area contributed by atoms with Gasteiger partial charge in [0.2, 0.25) is 5.06 Å². The molecule has 4 rings (SSSR count). The Labute approximate surface area is 201 Å². The quantitative estimate of drug-likeness (QED) is 0.221. The molecule has 1 aromatic carbocycles. The lowest BCUT2D eigenvalue weighted by Gasteiger charge is -2.12. The number of aromatic nitrogens is 2. The minimum Gasteiger partial charge on any atom is -0.397 e. The first-order chi connectivity index (χ1) is 16.3. The molecule has 0 saturated carbocycles. The number of pyridine rings is 1. The molecule has 4 N–H and O–H groups in total. The summed E-state index contributed by atoms with van der Waals surface area (Å²) in [5, 5.41) is 11.6. The number of anilines is 2. The summed E-state index contributed by atoms with van der Waals surface area (Å²) in [6.07, 6.45) is -1.70. The Balaban J connectivity index is 1.24. The SMILES string of the molecule is O=C(NCCNCc1ccc(Cl)c(C(F)(F)F)c1)Oc1sccc1Nc1ccnc2[nH]ccc12. The van der Waals surface area contributed by atoms with E-state index in [9.17, 15) is 18.0 Å². The van der Waals surface area contributed by atoms with Crippen LogP contribution in [-0.4, -0.2) is 29.2 Å². The Morgan fingerprint density at radius 1 is 1.15 bits per heavy atom. The molecule has 7 nitrogen and oxygen atoms in total. The number of H-pyrrole nitrogens is 1. The van der Waals surface area contributed by atoms with Gasteiger partial charge in [-0.05, 0) is 41.3 Å². The van der Waals surface area contributed by atoms with E-state index in [4.69, 9.17) is 16.3 Å². The molecular formula is C22H19ClF3N5O2S. The molecule has 178 valence electrons. The number of alkyl halides is 3. The second-order valence-corrected chi connectivity index (χ2v) is 8.44. The van der Waals surface area contributed by atoms with Gasteiger partial charge in [-0.2, -0.15) is 13.2 Å². The molecule has 0 aliphatic carbocycles. The average Bonchev–Trinajstić information content (AvgIpc) is 3.44. The van der Waals surface area contributed by atoms with Crippen molar-refractivity contribution >= 4 is 51.4 Å². The summed E-state index contributed by atoms with van der Waals surface area (Å²) in [5.41, 5.74) is 1.74. The van der Waals surface area contributed by atoms with Crippen LogP contribution in [0.15, 0.2) is 54.2 Å². The first-order valence-electron chi connectivity index (χ1n) is 10.1. The highest BCUT2D eigenvalue weighted by molar-refractivity contribution is 7.12. The average molecular weight is 510 g/mol. The lowest BCUT2D eigenvalue weighted by molar-refractivity contribution is -0.137. The van der Waals surface area contributed by atoms with Gasteiger partial charge in [0.25, 0.3) is 0 Å². The topological polar surface area (TPSA) is 91.1 Å². The number of carbonyl (C=O) groups excluding carboxylic acids is 1. The first kappa shape index (κ1) is 23.9. The molecule has 4 aromatic rings. The van der Waals surface area contributed by atoms with Gasteiger partial charge >= 0.3 is 12.3 Å². The van der Waals surface area contributed by atoms with Crippen LogP contribution in [0.4, 0.5) is 29.3 Å². The number of carbonyl (C=O) groups is 1. The van der Waals surface area contributed by atoms with E-state index in [0.29, 0.717) is 22.9 Å². The number of nitrogens with zero attached hydrogens (tertiary/aromatic N) is 1. The Hall–Kier alpha value is -3.28. The van der Waals surface area contributed by atoms with Crippen LogP contribution in [0.3, 0.4) is 0 Å². The van der Waals surface area contributed by atoms with Crippen molar-refractivity contribution in [3.05, 3.63) is 70.3 Å². The van der Waals surface area contributed by atoms with Gasteiger partial charge < -0.3 is 25.7 Å². The zero-order valence-electron chi connectivity index (χ0n) is 17.5. The smallest absolute Gasteiger partial charge is 0.397 e. The number of nitrogens with one attached hydrogen (secondary N) is 4. The third-order valence-electron chi connectivity index (χ3n) is 4.78. The maximum Gasteiger partial charge on any atom is 0.417 e. The van der Waals surface area contributed by atoms with Crippen molar-refractivity contribution in [3.63, 3.8) is 0 Å². The molecule has 0 radical (unpaired) electrons. The number of thiophene rings is 1. The number of amides is 1. The van der Waals surface area contributed by atoms with Crippen LogP contribution >= 0.6 is 22.9 Å². The van der Waals surface area contributed by atoms with Crippen LogP contribution in [-0.2, 0) is 12.7 Å². The molecule has 0 atom stereocenters. The molecule has 0 bridgehead atoms. The van der Waals surface area contributed by atoms with E-state index in [0.717, 1.165) is 22.8 Å². The molecule has 0 fully saturated rings. The highest BCUT2D eigenvalue weighted by Crippen LogP contribution is 2.36. The normalized spacial score (nSPS) is 11.5. The first-order valence-corrected chi connectivity index (χ1v) is 11.4. The van der Waals surface area contributed by atoms with E-state index >= 15 is 0 Å². The fourth-order valence-electron chi connectivity index (χ4n) is 3.19. The molecule has 34 heavy (non-hydrogen) atoms. The van der Waals surface area contributed by atoms with Crippen molar-refractivity contribution in [2.75, 3.05) is 18.4 Å². The molecule has 0 aliphatic heterocycles. The second kappa shape index (κ2) is 10.3. The van der Waals surface area contributed by atoms with E-state index in [-0.39, 0.29) is 18.1 Å². The third kappa shape index (κ3) is 5.79. The minimum atomic E-state index is -4.51. The molecule has 0 unspecified atom stereocenters. The van der Waals surface area contributed by atoms with Gasteiger partial charge in [-0.1, -0.05) is 17.7 Å². The third-order valence-corrected chi connectivity index (χ3v) is 5.90. The maximum absolute atomic E-state index is 12.9. The number of aromatic amines is 1. The Morgan fingerprint density at radius 3 is 2.82 bits per heavy atom. The molecule has 0 saturated heterocycles. The molecule has 3 heterocycles. The lowest BCUT2D eigenvalue weighted by atomic mass is 10.1. The van der Waals surface area contributed by atoms with Crippen molar-refractivity contribution in [3.8, 4) is 5.06 Å². The van der Waals surface area contributed by atoms with Crippen LogP contribution in [0.2, 0.25) is 5.02 Å². The fourth-order valence-corrected chi connectivity index (χ4v) is 4.11. The van der Waals surface area contributed by atoms with Gasteiger partial charge in [-0.25, -0.2) is 9.78 Å². The van der Waals surface area contributed by atoms with E-state index in [1.165, 1.54) is 23.5 Å². The zero-order valence-corrected chi connectivity index (χ0v) is 19.1. The monoisotopic (exact) mass is 509 g/mol. The summed E-state index contributed by atoms with van der Waals surface area (Å²) < 4.78 is 44.2. The summed E-state index contributed by atoms with van der Waals surface area (Å²) in [6.45, 7) is 0.744. The minimum absolute atomic E-state index is 0.190. The van der Waals surface area contributed by atoms with Crippen molar-refractivity contribution in [1.82, 2.24) is 20.6 Å². The van der Waals surface area contributed by atoms with E-state index in [1.54, 1.807) is 23.8 Å². The van der Waals surface area contributed by atoms with Gasteiger partial charge in [0.05, 0.1) is 22.0 Å². The standard InChI is InChI=1S/C22H19ClF3N5O2S/c23-16-2-1-13(11-15(16)22(24,25)26)12-27-8-9-30-21(32)33-20-18(5-10-34-20)31-17-4-7-29-19-14(17)3-6-28-19/h1-7,10-11,27H,8-9,12H2,(H,30,32)(H2,28,29,31). The van der Waals surface area contributed by atoms with Crippen molar-refractivity contribution in [2.45, 2.75) is 12.7 Å². The van der Waals surface area contributed by atoms with E-state index < -0.39 is 17.8 Å². The molecule has 3 aromatic heterocycles. The van der Waals surface area contributed by atoms with Crippen LogP contribution in [0.5, 0.6) is 5.06 Å². The molecule has 0 spiro atoms. The van der Waals surface area contributed by atoms with Crippen molar-refractivity contribution < 1.29 is 22.7 Å². The molecular weight excluding hydrogens is 491 g/mol. The van der Waals surface area contributed by atoms with Crippen molar-refractivity contribution in [2.24, 2.45) is 0 Å². The summed E-state index contributed by atoms with van der Waals surface area (Å²) >= 11 is 6.89. The van der Waals surface area contributed by atoms with Gasteiger partial charge in [-0.15, -0.1) is 11.3 Å². The summed E-state index contributed by atoms with van der Waals surface area (Å²) in [4.78, 5) is 19.4. The highest BCUT2D eigenvalue weighted by atomic mass is 35.5. The second-order valence-electron chi connectivity index (χ2n) is 7.15. The number of rotatable bonds is 8. The summed E-state index contributed by atoms with van der Waals surface area (Å²) in [7, 11) is 0. The maximum atomic E-state index is 12.9. The van der Waals surface area contributed by atoms with Crippen LogP contribution in [0, 0.1) is 0 Å². The Kier molecular flexibility index (Phi) is 7.25. The van der Waals surface area contributed by atoms with E-state index in [2.05, 4.69) is 25.9 Å². The lowest BCUT2D eigenvalue weighted by Crippen LogP contribution is -2.33. The molecule has 1 amide bonds. The zero-order chi connectivity index (χ0) is 24.1. The number of benzene rings is 1. The van der Waals surface area contributed by atoms with Crippen LogP contribution in [0.25, 0.3) is 11.0 Å². The highest BCUT2D eigenvalue weighted by Gasteiger charge is 2.33. The summed E-state index contributed by atoms with van der Waals surface area (Å²) in [6, 6.07) is 9.26. The number of halogens is 4. The number of hydrogen-bond donors (Lipinski definition) is 4. The fraction of sp³-hybridized carbons (Fsp3) is 0.182. The predicted molar refractivity (Wildman–Crippen MR) is 126 cm³/mol. The van der Waals surface area contributed by atoms with Crippen molar-refractivity contribution in [1.29, 1.82) is 0 Å². The van der Waals surface area contributed by atoms with Crippen LogP contribution in [0.1, 0.15) is 11.1 Å². The number of ether oxygens (including phenoxy) is 1. The number of fused-ring (bicyclic) bond motifs is 1. The van der Waals surface area contributed by atoms with Gasteiger partial charge in [-0.3, -0.25) is 0 Å². The Morgan fingerprint density at radius 2 is 2.00 bits per heavy atom. The van der Waals surface area contributed by atoms with Crippen LogP contribution < -0.4 is 20.7 Å².